The molecule has 0 spiro atoms. The number of nitrogens with zero attached hydrogens (tertiary/aromatic N) is 3. The summed E-state index contributed by atoms with van der Waals surface area (Å²) in [5, 5.41) is 0. The maximum Gasteiger partial charge on any atom is 0.00952 e. The van der Waals surface area contributed by atoms with Gasteiger partial charge >= 0.3 is 0 Å². The molecular weight excluding hydrogens is 414 g/mol. The van der Waals surface area contributed by atoms with Gasteiger partial charge in [-0.05, 0) is 104 Å². The highest BCUT2D eigenvalue weighted by Gasteiger charge is 2.37. The molecule has 198 valence electrons. The molecule has 4 aliphatic carbocycles. The van der Waals surface area contributed by atoms with E-state index < -0.39 is 0 Å². The van der Waals surface area contributed by atoms with Crippen molar-refractivity contribution in [3.05, 3.63) is 0 Å². The molecule has 4 aliphatic rings. The monoisotopic (exact) mass is 473 g/mol. The molecule has 4 saturated carbocycles. The van der Waals surface area contributed by atoms with Crippen LogP contribution < -0.4 is 0 Å². The van der Waals surface area contributed by atoms with Gasteiger partial charge in [-0.2, -0.15) is 0 Å². The summed E-state index contributed by atoms with van der Waals surface area (Å²) in [6, 6.07) is 3.31. The van der Waals surface area contributed by atoms with Gasteiger partial charge in [0, 0.05) is 37.3 Å². The summed E-state index contributed by atoms with van der Waals surface area (Å²) in [6.45, 7) is 5.30. The first-order valence-corrected chi connectivity index (χ1v) is 15.6. The highest BCUT2D eigenvalue weighted by atomic mass is 15.2. The Morgan fingerprint density at radius 3 is 1.32 bits per heavy atom. The van der Waals surface area contributed by atoms with Gasteiger partial charge in [0.1, 0.15) is 0 Å². The zero-order valence-corrected chi connectivity index (χ0v) is 23.5. The Kier molecular flexibility index (Phi) is 10.6. The first-order chi connectivity index (χ1) is 16.5. The predicted molar refractivity (Wildman–Crippen MR) is 147 cm³/mol. The van der Waals surface area contributed by atoms with E-state index in [1.807, 2.05) is 0 Å². The van der Waals surface area contributed by atoms with Crippen LogP contribution in [0.5, 0.6) is 0 Å². The molecule has 0 N–H and O–H groups in total. The number of rotatable bonds is 9. The molecule has 4 fully saturated rings. The minimum absolute atomic E-state index is 0.744. The van der Waals surface area contributed by atoms with Crippen molar-refractivity contribution in [2.45, 2.75) is 147 Å². The Labute approximate surface area is 213 Å². The van der Waals surface area contributed by atoms with Crippen LogP contribution in [-0.2, 0) is 0 Å². The molecule has 3 atom stereocenters. The molecule has 0 bridgehead atoms. The SMILES string of the molecule is CC(C1CC(CN(C)C2CCCCC2)CC(CN(C)C2CCCCC2)C1)N(C)C1CCCCC1. The van der Waals surface area contributed by atoms with Crippen LogP contribution in [0.25, 0.3) is 0 Å². The molecule has 3 nitrogen and oxygen atoms in total. The van der Waals surface area contributed by atoms with Crippen LogP contribution in [0.4, 0.5) is 0 Å². The molecule has 0 amide bonds. The van der Waals surface area contributed by atoms with Gasteiger partial charge in [0.05, 0.1) is 0 Å². The fraction of sp³-hybridized carbons (Fsp3) is 1.00. The summed E-state index contributed by atoms with van der Waals surface area (Å²) in [6.07, 6.45) is 26.2. The second-order valence-electron chi connectivity index (χ2n) is 13.4. The van der Waals surface area contributed by atoms with Crippen molar-refractivity contribution in [1.82, 2.24) is 14.7 Å². The van der Waals surface area contributed by atoms with Crippen LogP contribution >= 0.6 is 0 Å². The van der Waals surface area contributed by atoms with Crippen molar-refractivity contribution in [3.8, 4) is 0 Å². The molecule has 0 heterocycles. The largest absolute Gasteiger partial charge is 0.303 e. The summed E-state index contributed by atoms with van der Waals surface area (Å²) < 4.78 is 0. The minimum Gasteiger partial charge on any atom is -0.303 e. The lowest BCUT2D eigenvalue weighted by Crippen LogP contribution is -2.48. The highest BCUT2D eigenvalue weighted by Crippen LogP contribution is 2.39. The lowest BCUT2D eigenvalue weighted by atomic mass is 9.71. The molecule has 3 heteroatoms. The second kappa shape index (κ2) is 13.4. The van der Waals surface area contributed by atoms with E-state index in [2.05, 4.69) is 42.8 Å². The van der Waals surface area contributed by atoms with E-state index >= 15 is 0 Å². The molecule has 4 rings (SSSR count). The van der Waals surface area contributed by atoms with E-state index in [9.17, 15) is 0 Å². The first-order valence-electron chi connectivity index (χ1n) is 15.6. The van der Waals surface area contributed by atoms with Crippen LogP contribution in [0.15, 0.2) is 0 Å². The standard InChI is InChI=1S/C31H59N3/c1-25(34(4)31-18-12-7-13-19-31)28-21-26(23-32(2)29-14-8-5-9-15-29)20-27(22-28)24-33(3)30-16-10-6-11-17-30/h25-31H,5-24H2,1-4H3. The van der Waals surface area contributed by atoms with E-state index in [1.165, 1.54) is 129 Å². The van der Waals surface area contributed by atoms with Gasteiger partial charge in [-0.15, -0.1) is 0 Å². The Balaban J connectivity index is 1.39. The van der Waals surface area contributed by atoms with Crippen molar-refractivity contribution in [2.24, 2.45) is 17.8 Å². The van der Waals surface area contributed by atoms with Gasteiger partial charge in [-0.25, -0.2) is 0 Å². The minimum atomic E-state index is 0.744. The average Bonchev–Trinajstić information content (AvgIpc) is 2.89. The van der Waals surface area contributed by atoms with Crippen LogP contribution in [0.2, 0.25) is 0 Å². The van der Waals surface area contributed by atoms with E-state index in [4.69, 9.17) is 0 Å². The van der Waals surface area contributed by atoms with Crippen molar-refractivity contribution in [2.75, 3.05) is 34.2 Å². The predicted octanol–water partition coefficient (Wildman–Crippen LogP) is 7.20. The Hall–Kier alpha value is -0.120. The van der Waals surface area contributed by atoms with Crippen molar-refractivity contribution in [3.63, 3.8) is 0 Å². The molecule has 0 saturated heterocycles. The van der Waals surface area contributed by atoms with E-state index in [0.29, 0.717) is 0 Å². The van der Waals surface area contributed by atoms with Gasteiger partial charge in [-0.3, -0.25) is 0 Å². The molecular formula is C31H59N3. The zero-order chi connectivity index (χ0) is 23.9. The third-order valence-electron chi connectivity index (χ3n) is 10.9. The van der Waals surface area contributed by atoms with E-state index in [1.54, 1.807) is 0 Å². The Morgan fingerprint density at radius 2 is 0.912 bits per heavy atom. The van der Waals surface area contributed by atoms with Gasteiger partial charge in [0.2, 0.25) is 0 Å². The Bertz CT molecular complexity index is 527. The van der Waals surface area contributed by atoms with Gasteiger partial charge in [0.15, 0.2) is 0 Å². The molecule has 0 aromatic rings. The molecule has 34 heavy (non-hydrogen) atoms. The fourth-order valence-corrected chi connectivity index (χ4v) is 8.62. The van der Waals surface area contributed by atoms with Crippen LogP contribution in [0, 0.1) is 17.8 Å². The molecule has 0 aromatic carbocycles. The quantitative estimate of drug-likeness (QED) is 0.350. The average molecular weight is 474 g/mol. The van der Waals surface area contributed by atoms with Crippen LogP contribution in [0.3, 0.4) is 0 Å². The molecule has 3 unspecified atom stereocenters. The zero-order valence-electron chi connectivity index (χ0n) is 23.5. The second-order valence-corrected chi connectivity index (χ2v) is 13.4. The third kappa shape index (κ3) is 7.45. The summed E-state index contributed by atoms with van der Waals surface area (Å²) in [4.78, 5) is 8.42. The Morgan fingerprint density at radius 1 is 0.529 bits per heavy atom. The van der Waals surface area contributed by atoms with E-state index in [-0.39, 0.29) is 0 Å². The van der Waals surface area contributed by atoms with Crippen molar-refractivity contribution < 1.29 is 0 Å². The number of hydrogen-bond donors (Lipinski definition) is 0. The highest BCUT2D eigenvalue weighted by molar-refractivity contribution is 4.90. The lowest BCUT2D eigenvalue weighted by molar-refractivity contribution is 0.0382. The van der Waals surface area contributed by atoms with Crippen molar-refractivity contribution >= 4 is 0 Å². The smallest absolute Gasteiger partial charge is 0.00952 e. The van der Waals surface area contributed by atoms with E-state index in [0.717, 1.165) is 41.9 Å². The maximum atomic E-state index is 2.83. The maximum absolute atomic E-state index is 2.83. The molecule has 0 aromatic heterocycles. The first kappa shape index (κ1) is 26.9. The van der Waals surface area contributed by atoms with Crippen LogP contribution in [-0.4, -0.2) is 73.1 Å². The summed E-state index contributed by atoms with van der Waals surface area (Å²) in [5.41, 5.74) is 0. The van der Waals surface area contributed by atoms with Gasteiger partial charge < -0.3 is 14.7 Å². The normalized spacial score (nSPS) is 32.0. The summed E-state index contributed by atoms with van der Waals surface area (Å²) in [7, 11) is 7.39. The molecule has 0 radical (unpaired) electrons. The molecule has 0 aliphatic heterocycles. The summed E-state index contributed by atoms with van der Waals surface area (Å²) in [5.74, 6) is 2.69. The summed E-state index contributed by atoms with van der Waals surface area (Å²) >= 11 is 0. The number of hydrogen-bond acceptors (Lipinski definition) is 3. The fourth-order valence-electron chi connectivity index (χ4n) is 8.62. The lowest BCUT2D eigenvalue weighted by Gasteiger charge is -2.46. The van der Waals surface area contributed by atoms with Crippen LogP contribution in [0.1, 0.15) is 122 Å². The van der Waals surface area contributed by atoms with Crippen molar-refractivity contribution in [1.29, 1.82) is 0 Å². The topological polar surface area (TPSA) is 9.72 Å². The third-order valence-corrected chi connectivity index (χ3v) is 10.9. The van der Waals surface area contributed by atoms with Gasteiger partial charge in [0.25, 0.3) is 0 Å². The van der Waals surface area contributed by atoms with Gasteiger partial charge in [-0.1, -0.05) is 57.8 Å².